The number of hydrogen-bond acceptors (Lipinski definition) is 4. The molecule has 0 amide bonds. The molecule has 1 fully saturated rings. The molecular formula is C15H25N3O2S. The van der Waals surface area contributed by atoms with E-state index >= 15 is 0 Å². The van der Waals surface area contributed by atoms with Crippen molar-refractivity contribution in [2.75, 3.05) is 38.6 Å². The lowest BCUT2D eigenvalue weighted by molar-refractivity contribution is 0.258. The highest BCUT2D eigenvalue weighted by Gasteiger charge is 2.28. The predicted octanol–water partition coefficient (Wildman–Crippen LogP) is 1.50. The van der Waals surface area contributed by atoms with Crippen molar-refractivity contribution >= 4 is 15.7 Å². The molecule has 0 spiro atoms. The number of anilines is 1. The van der Waals surface area contributed by atoms with Crippen LogP contribution in [0.1, 0.15) is 19.8 Å². The molecule has 1 aliphatic heterocycles. The summed E-state index contributed by atoms with van der Waals surface area (Å²) in [6.07, 6.45) is 2.14. The Kier molecular flexibility index (Phi) is 4.60. The molecule has 0 unspecified atom stereocenters. The Bertz CT molecular complexity index is 573. The average Bonchev–Trinajstić information content (AvgIpc) is 2.48. The Hall–Kier alpha value is -1.11. The minimum absolute atomic E-state index is 0.241. The minimum Gasteiger partial charge on any atom is -0.371 e. The lowest BCUT2D eigenvalue weighted by atomic mass is 9.80. The van der Waals surface area contributed by atoms with E-state index in [1.54, 1.807) is 26.2 Å². The van der Waals surface area contributed by atoms with Gasteiger partial charge in [0.05, 0.1) is 4.90 Å². The summed E-state index contributed by atoms with van der Waals surface area (Å²) in [6, 6.07) is 7.14. The number of rotatable bonds is 4. The van der Waals surface area contributed by atoms with E-state index in [0.717, 1.165) is 38.2 Å². The second-order valence-electron chi connectivity index (χ2n) is 6.28. The molecule has 0 atom stereocenters. The highest BCUT2D eigenvalue weighted by Crippen LogP contribution is 2.32. The van der Waals surface area contributed by atoms with Crippen molar-refractivity contribution in [3.63, 3.8) is 0 Å². The zero-order valence-electron chi connectivity index (χ0n) is 13.0. The molecular weight excluding hydrogens is 286 g/mol. The first-order chi connectivity index (χ1) is 9.78. The molecule has 0 aromatic heterocycles. The molecule has 2 rings (SSSR count). The van der Waals surface area contributed by atoms with Crippen LogP contribution < -0.4 is 10.6 Å². The first-order valence-corrected chi connectivity index (χ1v) is 8.70. The summed E-state index contributed by atoms with van der Waals surface area (Å²) in [5.41, 5.74) is 7.14. The molecule has 118 valence electrons. The zero-order chi connectivity index (χ0) is 15.7. The monoisotopic (exact) mass is 311 g/mol. The van der Waals surface area contributed by atoms with E-state index in [9.17, 15) is 8.42 Å². The van der Waals surface area contributed by atoms with Crippen molar-refractivity contribution in [1.29, 1.82) is 0 Å². The van der Waals surface area contributed by atoms with Crippen molar-refractivity contribution in [3.05, 3.63) is 24.3 Å². The molecule has 1 aromatic carbocycles. The molecule has 1 heterocycles. The van der Waals surface area contributed by atoms with Crippen molar-refractivity contribution in [3.8, 4) is 0 Å². The van der Waals surface area contributed by atoms with Gasteiger partial charge in [-0.3, -0.25) is 0 Å². The Morgan fingerprint density at radius 2 is 1.71 bits per heavy atom. The summed E-state index contributed by atoms with van der Waals surface area (Å²) in [7, 11) is -0.262. The summed E-state index contributed by atoms with van der Waals surface area (Å²) >= 11 is 0. The van der Waals surface area contributed by atoms with Crippen LogP contribution in [0, 0.1) is 5.41 Å². The smallest absolute Gasteiger partial charge is 0.242 e. The fourth-order valence-electron chi connectivity index (χ4n) is 2.55. The van der Waals surface area contributed by atoms with E-state index in [-0.39, 0.29) is 5.41 Å². The Morgan fingerprint density at radius 3 is 2.14 bits per heavy atom. The second kappa shape index (κ2) is 5.94. The van der Waals surface area contributed by atoms with Gasteiger partial charge in [-0.25, -0.2) is 12.7 Å². The van der Waals surface area contributed by atoms with Gasteiger partial charge in [-0.1, -0.05) is 6.92 Å². The van der Waals surface area contributed by atoms with Crippen LogP contribution in [0.25, 0.3) is 0 Å². The number of hydrogen-bond donors (Lipinski definition) is 1. The van der Waals surface area contributed by atoms with Gasteiger partial charge in [0, 0.05) is 32.9 Å². The van der Waals surface area contributed by atoms with Crippen LogP contribution in [0.2, 0.25) is 0 Å². The highest BCUT2D eigenvalue weighted by molar-refractivity contribution is 7.89. The fraction of sp³-hybridized carbons (Fsp3) is 0.600. The standard InChI is InChI=1S/C15H25N3O2S/c1-15(12-16)8-10-18(11-9-15)13-4-6-14(7-5-13)21(19,20)17(2)3/h4-7H,8-12,16H2,1-3H3. The van der Waals surface area contributed by atoms with Gasteiger partial charge < -0.3 is 10.6 Å². The SMILES string of the molecule is CN(C)S(=O)(=O)c1ccc(N2CCC(C)(CN)CC2)cc1. The van der Waals surface area contributed by atoms with Crippen LogP contribution in [-0.4, -0.2) is 46.5 Å². The molecule has 1 saturated heterocycles. The van der Waals surface area contributed by atoms with Crippen molar-refractivity contribution in [2.24, 2.45) is 11.1 Å². The van der Waals surface area contributed by atoms with E-state index in [1.165, 1.54) is 4.31 Å². The van der Waals surface area contributed by atoms with Gasteiger partial charge in [0.1, 0.15) is 0 Å². The van der Waals surface area contributed by atoms with Gasteiger partial charge in [0.15, 0.2) is 0 Å². The van der Waals surface area contributed by atoms with Crippen LogP contribution in [-0.2, 0) is 10.0 Å². The highest BCUT2D eigenvalue weighted by atomic mass is 32.2. The van der Waals surface area contributed by atoms with E-state index in [0.29, 0.717) is 4.90 Å². The Labute approximate surface area is 127 Å². The number of benzene rings is 1. The molecule has 0 radical (unpaired) electrons. The maximum Gasteiger partial charge on any atom is 0.242 e. The molecule has 6 heteroatoms. The summed E-state index contributed by atoms with van der Waals surface area (Å²) in [6.45, 7) is 4.89. The van der Waals surface area contributed by atoms with Crippen LogP contribution in [0.15, 0.2) is 29.2 Å². The van der Waals surface area contributed by atoms with Crippen LogP contribution in [0.4, 0.5) is 5.69 Å². The van der Waals surface area contributed by atoms with E-state index < -0.39 is 10.0 Å². The van der Waals surface area contributed by atoms with E-state index in [2.05, 4.69) is 11.8 Å². The van der Waals surface area contributed by atoms with Crippen molar-refractivity contribution < 1.29 is 8.42 Å². The second-order valence-corrected chi connectivity index (χ2v) is 8.43. The molecule has 21 heavy (non-hydrogen) atoms. The van der Waals surface area contributed by atoms with Crippen LogP contribution >= 0.6 is 0 Å². The fourth-order valence-corrected chi connectivity index (χ4v) is 3.45. The largest absolute Gasteiger partial charge is 0.371 e. The molecule has 0 saturated carbocycles. The van der Waals surface area contributed by atoms with E-state index in [4.69, 9.17) is 5.73 Å². The zero-order valence-corrected chi connectivity index (χ0v) is 13.9. The maximum absolute atomic E-state index is 12.0. The van der Waals surface area contributed by atoms with Crippen molar-refractivity contribution in [1.82, 2.24) is 4.31 Å². The third kappa shape index (κ3) is 3.39. The molecule has 0 bridgehead atoms. The summed E-state index contributed by atoms with van der Waals surface area (Å²) in [5.74, 6) is 0. The van der Waals surface area contributed by atoms with Gasteiger partial charge in [-0.15, -0.1) is 0 Å². The predicted molar refractivity (Wildman–Crippen MR) is 85.9 cm³/mol. The molecule has 5 nitrogen and oxygen atoms in total. The minimum atomic E-state index is -3.35. The molecule has 1 aromatic rings. The number of piperidine rings is 1. The summed E-state index contributed by atoms with van der Waals surface area (Å²) in [4.78, 5) is 2.63. The lowest BCUT2D eigenvalue weighted by Gasteiger charge is -2.39. The number of sulfonamides is 1. The van der Waals surface area contributed by atoms with Crippen molar-refractivity contribution in [2.45, 2.75) is 24.7 Å². The lowest BCUT2D eigenvalue weighted by Crippen LogP contribution is -2.42. The van der Waals surface area contributed by atoms with Gasteiger partial charge >= 0.3 is 0 Å². The van der Waals surface area contributed by atoms with Gasteiger partial charge in [-0.2, -0.15) is 0 Å². The Balaban J connectivity index is 2.11. The third-order valence-corrected chi connectivity index (χ3v) is 6.27. The topological polar surface area (TPSA) is 66.6 Å². The normalized spacial score (nSPS) is 19.0. The first kappa shape index (κ1) is 16.3. The molecule has 0 aliphatic carbocycles. The number of nitrogens with two attached hydrogens (primary N) is 1. The third-order valence-electron chi connectivity index (χ3n) is 4.44. The summed E-state index contributed by atoms with van der Waals surface area (Å²) in [5, 5.41) is 0. The van der Waals surface area contributed by atoms with E-state index in [1.807, 2.05) is 12.1 Å². The average molecular weight is 311 g/mol. The number of nitrogens with zero attached hydrogens (tertiary/aromatic N) is 2. The Morgan fingerprint density at radius 1 is 1.19 bits per heavy atom. The van der Waals surface area contributed by atoms with Crippen LogP contribution in [0.5, 0.6) is 0 Å². The van der Waals surface area contributed by atoms with Gasteiger partial charge in [0.25, 0.3) is 0 Å². The van der Waals surface area contributed by atoms with Gasteiger partial charge in [0.2, 0.25) is 10.0 Å². The summed E-state index contributed by atoms with van der Waals surface area (Å²) < 4.78 is 25.3. The van der Waals surface area contributed by atoms with Crippen LogP contribution in [0.3, 0.4) is 0 Å². The quantitative estimate of drug-likeness (QED) is 0.915. The van der Waals surface area contributed by atoms with Gasteiger partial charge in [-0.05, 0) is 49.1 Å². The molecule has 2 N–H and O–H groups in total. The molecule has 1 aliphatic rings. The maximum atomic E-state index is 12.0. The first-order valence-electron chi connectivity index (χ1n) is 7.26.